The van der Waals surface area contributed by atoms with E-state index in [-0.39, 0.29) is 86.3 Å². The Balaban J connectivity index is 1.75. The van der Waals surface area contributed by atoms with Gasteiger partial charge in [0.25, 0.3) is 15.9 Å². The molecule has 0 amide bonds. The quantitative estimate of drug-likeness (QED) is 0.0280. The van der Waals surface area contributed by atoms with Gasteiger partial charge in [-0.1, -0.05) is 45.0 Å². The van der Waals surface area contributed by atoms with Gasteiger partial charge in [-0.25, -0.2) is 46.9 Å². The Labute approximate surface area is 378 Å². The number of methoxy groups -OCH3 is 1. The number of nitrogens with zero attached hydrogens (tertiary/aromatic N) is 7. The summed E-state index contributed by atoms with van der Waals surface area (Å²) in [5.41, 5.74) is 0.455. The van der Waals surface area contributed by atoms with E-state index in [2.05, 4.69) is 29.6 Å². The van der Waals surface area contributed by atoms with Crippen LogP contribution in [-0.4, -0.2) is 152 Å². The summed E-state index contributed by atoms with van der Waals surface area (Å²) in [6.45, 7) is 4.75. The molecule has 0 saturated carbocycles. The molecule has 0 aliphatic carbocycles. The second-order valence-corrected chi connectivity index (χ2v) is 15.7. The minimum absolute atomic E-state index is 0.0352. The summed E-state index contributed by atoms with van der Waals surface area (Å²) in [6.07, 6.45) is -1.41. The summed E-state index contributed by atoms with van der Waals surface area (Å²) in [5.74, 6) is -1.57. The van der Waals surface area contributed by atoms with Crippen LogP contribution in [-0.2, 0) is 53.5 Å². The van der Waals surface area contributed by atoms with E-state index in [0.717, 1.165) is 5.56 Å². The fourth-order valence-electron chi connectivity index (χ4n) is 5.26. The summed E-state index contributed by atoms with van der Waals surface area (Å²) in [6, 6.07) is 13.9. The normalized spacial score (nSPS) is 12.1. The molecule has 26 nitrogen and oxygen atoms in total. The molecule has 2 aromatic carbocycles. The van der Waals surface area contributed by atoms with E-state index in [1.807, 2.05) is 20.8 Å². The van der Waals surface area contributed by atoms with E-state index in [1.54, 1.807) is 30.3 Å². The van der Waals surface area contributed by atoms with Crippen molar-refractivity contribution < 1.29 is 91.1 Å². The molecule has 0 saturated heterocycles. The Morgan fingerprint density at radius 2 is 1.23 bits per heavy atom. The first kappa shape index (κ1) is 52.5. The van der Waals surface area contributed by atoms with Gasteiger partial charge in [-0.15, -0.1) is 0 Å². The van der Waals surface area contributed by atoms with Crippen LogP contribution in [0.1, 0.15) is 33.3 Å². The van der Waals surface area contributed by atoms with E-state index in [9.17, 15) is 9.59 Å². The summed E-state index contributed by atoms with van der Waals surface area (Å²) in [5, 5.41) is 33.4. The van der Waals surface area contributed by atoms with Gasteiger partial charge in [0.15, 0.2) is 29.4 Å². The molecule has 0 fully saturated rings. The fourth-order valence-corrected chi connectivity index (χ4v) is 6.75. The first-order valence-corrected chi connectivity index (χ1v) is 21.1. The number of anilines is 1. The number of carbonyl (C=O) groups is 2. The first-order valence-electron chi connectivity index (χ1n) is 19.7. The molecule has 2 aromatic heterocycles. The zero-order valence-electron chi connectivity index (χ0n) is 36.5. The minimum atomic E-state index is -4.81. The van der Waals surface area contributed by atoms with Gasteiger partial charge in [0.1, 0.15) is 26.4 Å². The van der Waals surface area contributed by atoms with Gasteiger partial charge >= 0.3 is 12.3 Å². The lowest BCUT2D eigenvalue weighted by molar-refractivity contribution is -0.493. The topological polar surface area (TPSA) is 312 Å². The number of rotatable bonds is 27. The molecule has 4 rings (SSSR count). The van der Waals surface area contributed by atoms with Crippen LogP contribution in [0.2, 0.25) is 0 Å². The highest BCUT2D eigenvalue weighted by molar-refractivity contribution is 7.92. The second-order valence-electron chi connectivity index (χ2n) is 13.9. The highest BCUT2D eigenvalue weighted by Crippen LogP contribution is 2.44. The number of hydrogen-bond acceptors (Lipinski definition) is 25. The summed E-state index contributed by atoms with van der Waals surface area (Å²) in [7, 11) is -3.44. The van der Waals surface area contributed by atoms with Crippen molar-refractivity contribution in [1.29, 1.82) is 0 Å². The van der Waals surface area contributed by atoms with Gasteiger partial charge in [0.05, 0.1) is 62.4 Å². The van der Waals surface area contributed by atoms with Gasteiger partial charge in [0, 0.05) is 12.4 Å². The molecule has 362 valence electrons. The Hall–Kier alpha value is -6.11. The maximum atomic E-state index is 15.0. The van der Waals surface area contributed by atoms with Crippen molar-refractivity contribution in [3.63, 3.8) is 0 Å². The molecule has 0 aliphatic heterocycles. The van der Waals surface area contributed by atoms with E-state index in [4.69, 9.17) is 63.5 Å². The minimum Gasteiger partial charge on any atom is -0.493 e. The third kappa shape index (κ3) is 16.7. The first-order chi connectivity index (χ1) is 31.5. The molecular formula is C39H51N7O19S. The molecule has 2 heterocycles. The van der Waals surface area contributed by atoms with Crippen LogP contribution in [0.3, 0.4) is 0 Å². The lowest BCUT2D eigenvalue weighted by Gasteiger charge is -2.30. The standard InChI is InChI=1S/C39H51N7O19S/c1-27(64-38(48)61-22-18-57-20-26-63-46(51)52)44(66(53,54)29-13-11-28(12-14-29)39(2,3)4)35-32(65-31-10-7-6-9-30(31)55-5)36(43-34(42-35)33-40-15-8-16-41-33)58-23-24-60-37(47)59-21-17-56-19-25-62-45(49)50/h6-16,27,49-52H,17-26H2,1-5H3. The summed E-state index contributed by atoms with van der Waals surface area (Å²) < 4.78 is 79.7. The average molecular weight is 954 g/mol. The molecule has 4 N–H and O–H groups in total. The lowest BCUT2D eigenvalue weighted by Crippen LogP contribution is -2.42. The number of carbonyl (C=O) groups excluding carboxylic acids is 2. The average Bonchev–Trinajstić information content (AvgIpc) is 3.27. The number of ether oxygens (including phenoxy) is 9. The van der Waals surface area contributed by atoms with Crippen molar-refractivity contribution in [3.8, 4) is 34.8 Å². The van der Waals surface area contributed by atoms with Crippen molar-refractivity contribution in [2.24, 2.45) is 0 Å². The summed E-state index contributed by atoms with van der Waals surface area (Å²) >= 11 is 0. The number of para-hydroxylation sites is 2. The zero-order valence-corrected chi connectivity index (χ0v) is 37.3. The Kier molecular flexibility index (Phi) is 20.8. The van der Waals surface area contributed by atoms with Crippen molar-refractivity contribution in [2.75, 3.05) is 77.5 Å². The van der Waals surface area contributed by atoms with Gasteiger partial charge in [-0.3, -0.25) is 20.8 Å². The predicted octanol–water partition coefficient (Wildman–Crippen LogP) is 4.32. The number of sulfonamides is 1. The highest BCUT2D eigenvalue weighted by atomic mass is 32.2. The van der Waals surface area contributed by atoms with Crippen molar-refractivity contribution in [2.45, 2.75) is 44.2 Å². The van der Waals surface area contributed by atoms with Crippen LogP contribution >= 0.6 is 0 Å². The molecule has 0 bridgehead atoms. The maximum Gasteiger partial charge on any atom is 0.510 e. The highest BCUT2D eigenvalue weighted by Gasteiger charge is 2.39. The van der Waals surface area contributed by atoms with Crippen LogP contribution in [0.25, 0.3) is 11.6 Å². The van der Waals surface area contributed by atoms with Crippen molar-refractivity contribution in [3.05, 3.63) is 72.6 Å². The molecule has 1 unspecified atom stereocenters. The third-order valence-electron chi connectivity index (χ3n) is 8.25. The Morgan fingerprint density at radius 3 is 1.79 bits per heavy atom. The van der Waals surface area contributed by atoms with E-state index in [1.165, 1.54) is 50.7 Å². The van der Waals surface area contributed by atoms with Gasteiger partial charge in [-0.05, 0) is 48.2 Å². The number of aromatic nitrogens is 4. The van der Waals surface area contributed by atoms with Crippen molar-refractivity contribution in [1.82, 2.24) is 30.7 Å². The predicted molar refractivity (Wildman–Crippen MR) is 220 cm³/mol. The fraction of sp³-hybridized carbons (Fsp3) is 0.436. The molecule has 66 heavy (non-hydrogen) atoms. The van der Waals surface area contributed by atoms with Crippen LogP contribution in [0, 0.1) is 0 Å². The van der Waals surface area contributed by atoms with E-state index < -0.39 is 70.0 Å². The van der Waals surface area contributed by atoms with E-state index >= 15 is 8.42 Å². The number of hydrogen-bond donors (Lipinski definition) is 4. The molecule has 0 spiro atoms. The van der Waals surface area contributed by atoms with Crippen LogP contribution in [0.5, 0.6) is 23.1 Å². The third-order valence-corrected chi connectivity index (χ3v) is 10.1. The SMILES string of the molecule is COc1ccccc1Oc1c(OCCOC(=O)OCCOCCON(O)O)nc(-c2ncccn2)nc1N(C(C)OC(=O)OCCOCCON(O)O)S(=O)(=O)c1ccc(C(C)(C)C)cc1. The summed E-state index contributed by atoms with van der Waals surface area (Å²) in [4.78, 5) is 51.5. The molecule has 0 radical (unpaired) electrons. The van der Waals surface area contributed by atoms with Crippen LogP contribution in [0.4, 0.5) is 15.4 Å². The molecule has 0 aliphatic rings. The molecule has 27 heteroatoms. The molecular weight excluding hydrogens is 903 g/mol. The van der Waals surface area contributed by atoms with Gasteiger partial charge in [-0.2, -0.15) is 4.98 Å². The monoisotopic (exact) mass is 953 g/mol. The maximum absolute atomic E-state index is 15.0. The Bertz CT molecular complexity index is 2220. The van der Waals surface area contributed by atoms with Gasteiger partial charge in [0.2, 0.25) is 11.6 Å². The second kappa shape index (κ2) is 26.1. The molecule has 4 aromatic rings. The van der Waals surface area contributed by atoms with Gasteiger partial charge < -0.3 is 42.6 Å². The zero-order chi connectivity index (χ0) is 48.1. The van der Waals surface area contributed by atoms with Crippen molar-refractivity contribution >= 4 is 28.2 Å². The van der Waals surface area contributed by atoms with E-state index in [0.29, 0.717) is 4.31 Å². The lowest BCUT2D eigenvalue weighted by atomic mass is 9.87. The molecule has 1 atom stereocenters. The van der Waals surface area contributed by atoms with Crippen LogP contribution in [0.15, 0.2) is 71.9 Å². The smallest absolute Gasteiger partial charge is 0.493 e. The Morgan fingerprint density at radius 1 is 0.682 bits per heavy atom. The number of benzene rings is 2. The largest absolute Gasteiger partial charge is 0.510 e. The van der Waals surface area contributed by atoms with Crippen LogP contribution < -0.4 is 18.5 Å².